The zero-order chi connectivity index (χ0) is 31.3. The van der Waals surface area contributed by atoms with Crippen LogP contribution < -0.4 is 9.62 Å². The van der Waals surface area contributed by atoms with Crippen LogP contribution in [0.1, 0.15) is 58.2 Å². The highest BCUT2D eigenvalue weighted by atomic mass is 79.9. The Kier molecular flexibility index (Phi) is 10.7. The molecule has 1 N–H and O–H groups in total. The lowest BCUT2D eigenvalue weighted by molar-refractivity contribution is -0.140. The van der Waals surface area contributed by atoms with E-state index in [0.29, 0.717) is 5.69 Å². The summed E-state index contributed by atoms with van der Waals surface area (Å²) in [5.41, 5.74) is 2.47. The zero-order valence-corrected chi connectivity index (χ0v) is 27.9. The van der Waals surface area contributed by atoms with Crippen molar-refractivity contribution in [3.05, 3.63) is 100 Å². The third-order valence-corrected chi connectivity index (χ3v) is 8.35. The summed E-state index contributed by atoms with van der Waals surface area (Å²) in [7, 11) is -3.83. The number of sulfonamides is 1. The van der Waals surface area contributed by atoms with Crippen LogP contribution in [0.25, 0.3) is 0 Å². The molecular weight excluding hydrogens is 614 g/mol. The highest BCUT2D eigenvalue weighted by molar-refractivity contribution is 9.10. The van der Waals surface area contributed by atoms with Crippen molar-refractivity contribution < 1.29 is 18.0 Å². The first-order valence-electron chi connectivity index (χ1n) is 13.9. The number of carbonyl (C=O) groups is 2. The summed E-state index contributed by atoms with van der Waals surface area (Å²) in [6.45, 7) is 11.6. The molecule has 42 heavy (non-hydrogen) atoms. The highest BCUT2D eigenvalue weighted by Crippen LogP contribution is 2.27. The second-order valence-electron chi connectivity index (χ2n) is 12.7. The maximum Gasteiger partial charge on any atom is 0.244 e. The van der Waals surface area contributed by atoms with Gasteiger partial charge >= 0.3 is 0 Å². The lowest BCUT2D eigenvalue weighted by atomic mass is 9.87. The van der Waals surface area contributed by atoms with E-state index >= 15 is 0 Å². The number of carbonyl (C=O) groups excluding carboxylic acids is 2. The fourth-order valence-corrected chi connectivity index (χ4v) is 5.88. The van der Waals surface area contributed by atoms with Crippen LogP contribution in [0.3, 0.4) is 0 Å². The third kappa shape index (κ3) is 9.70. The standard InChI is InChI=1S/C33H42BrN3O4S/c1-32(2,3)26-16-18-28(19-17-26)37(42(7,40)41)23-30(38)36(22-25-14-11-15-27(34)20-25)29(31(39)35-33(4,5)6)21-24-12-9-8-10-13-24/h8-20,29H,21-23H2,1-7H3,(H,35,39). The number of nitrogens with one attached hydrogen (secondary N) is 1. The fourth-order valence-electron chi connectivity index (χ4n) is 4.58. The monoisotopic (exact) mass is 655 g/mol. The minimum absolute atomic E-state index is 0.115. The lowest BCUT2D eigenvalue weighted by Crippen LogP contribution is -2.56. The van der Waals surface area contributed by atoms with Crippen molar-refractivity contribution in [1.82, 2.24) is 10.2 Å². The van der Waals surface area contributed by atoms with Crippen LogP contribution in [-0.4, -0.2) is 49.5 Å². The van der Waals surface area contributed by atoms with Gasteiger partial charge in [-0.1, -0.05) is 91.3 Å². The Morgan fingerprint density at radius 2 is 1.45 bits per heavy atom. The van der Waals surface area contributed by atoms with E-state index in [1.54, 1.807) is 12.1 Å². The summed E-state index contributed by atoms with van der Waals surface area (Å²) < 4.78 is 28.0. The van der Waals surface area contributed by atoms with Gasteiger partial charge in [0.2, 0.25) is 21.8 Å². The Morgan fingerprint density at radius 1 is 0.857 bits per heavy atom. The van der Waals surface area contributed by atoms with Crippen molar-refractivity contribution in [2.24, 2.45) is 0 Å². The first kappa shape index (κ1) is 33.3. The molecule has 0 radical (unpaired) electrons. The predicted molar refractivity (Wildman–Crippen MR) is 174 cm³/mol. The van der Waals surface area contributed by atoms with Gasteiger partial charge in [0.1, 0.15) is 12.6 Å². The molecule has 7 nitrogen and oxygen atoms in total. The predicted octanol–water partition coefficient (Wildman–Crippen LogP) is 6.07. The van der Waals surface area contributed by atoms with Crippen LogP contribution in [0.15, 0.2) is 83.3 Å². The summed E-state index contributed by atoms with van der Waals surface area (Å²) in [5.74, 6) is -0.791. The van der Waals surface area contributed by atoms with Gasteiger partial charge in [-0.2, -0.15) is 0 Å². The molecule has 0 saturated heterocycles. The van der Waals surface area contributed by atoms with Gasteiger partial charge in [-0.3, -0.25) is 13.9 Å². The van der Waals surface area contributed by atoms with Gasteiger partial charge in [0.15, 0.2) is 0 Å². The minimum Gasteiger partial charge on any atom is -0.350 e. The van der Waals surface area contributed by atoms with Crippen molar-refractivity contribution in [2.45, 2.75) is 71.5 Å². The largest absolute Gasteiger partial charge is 0.350 e. The summed E-state index contributed by atoms with van der Waals surface area (Å²) in [4.78, 5) is 29.5. The minimum atomic E-state index is -3.83. The molecular formula is C33H42BrN3O4S. The number of nitrogens with zero attached hydrogens (tertiary/aromatic N) is 2. The third-order valence-electron chi connectivity index (χ3n) is 6.71. The fraction of sp³-hybridized carbons (Fsp3) is 0.394. The Bertz CT molecular complexity index is 1480. The number of hydrogen-bond acceptors (Lipinski definition) is 4. The molecule has 3 aromatic rings. The summed E-state index contributed by atoms with van der Waals surface area (Å²) in [5, 5.41) is 3.03. The second kappa shape index (κ2) is 13.4. The first-order chi connectivity index (χ1) is 19.4. The Hall–Kier alpha value is -3.17. The number of halogens is 1. The van der Waals surface area contributed by atoms with Crippen LogP contribution in [-0.2, 0) is 38.0 Å². The molecule has 0 bridgehead atoms. The van der Waals surface area contributed by atoms with Crippen LogP contribution in [0, 0.1) is 0 Å². The zero-order valence-electron chi connectivity index (χ0n) is 25.5. The molecule has 1 atom stereocenters. The first-order valence-corrected chi connectivity index (χ1v) is 16.6. The van der Waals surface area contributed by atoms with Gasteiger partial charge < -0.3 is 10.2 Å². The van der Waals surface area contributed by atoms with Gasteiger partial charge in [0.05, 0.1) is 11.9 Å². The average Bonchev–Trinajstić information content (AvgIpc) is 2.87. The lowest BCUT2D eigenvalue weighted by Gasteiger charge is -2.35. The van der Waals surface area contributed by atoms with E-state index in [0.717, 1.165) is 31.7 Å². The molecule has 0 heterocycles. The van der Waals surface area contributed by atoms with E-state index in [1.807, 2.05) is 87.5 Å². The van der Waals surface area contributed by atoms with Gasteiger partial charge in [-0.15, -0.1) is 0 Å². The molecule has 3 rings (SSSR count). The maximum atomic E-state index is 14.2. The maximum absolute atomic E-state index is 14.2. The normalized spacial score (nSPS) is 12.9. The Labute approximate surface area is 259 Å². The van der Waals surface area contributed by atoms with Gasteiger partial charge in [-0.05, 0) is 67.1 Å². The van der Waals surface area contributed by atoms with E-state index in [4.69, 9.17) is 0 Å². The van der Waals surface area contributed by atoms with E-state index in [1.165, 1.54) is 4.90 Å². The van der Waals surface area contributed by atoms with Gasteiger partial charge in [0.25, 0.3) is 0 Å². The second-order valence-corrected chi connectivity index (χ2v) is 15.5. The van der Waals surface area contributed by atoms with Crippen molar-refractivity contribution in [3.63, 3.8) is 0 Å². The summed E-state index contributed by atoms with van der Waals surface area (Å²) >= 11 is 3.49. The van der Waals surface area contributed by atoms with E-state index in [-0.39, 0.29) is 24.3 Å². The molecule has 0 aromatic heterocycles. The molecule has 0 aliphatic carbocycles. The molecule has 0 saturated carbocycles. The van der Waals surface area contributed by atoms with Crippen LogP contribution in [0.2, 0.25) is 0 Å². The van der Waals surface area contributed by atoms with Crippen LogP contribution >= 0.6 is 15.9 Å². The van der Waals surface area contributed by atoms with Gasteiger partial charge in [0, 0.05) is 23.0 Å². The number of rotatable bonds is 10. The smallest absolute Gasteiger partial charge is 0.244 e. The van der Waals surface area contributed by atoms with Crippen molar-refractivity contribution in [3.8, 4) is 0 Å². The van der Waals surface area contributed by atoms with Crippen molar-refractivity contribution >= 4 is 43.5 Å². The molecule has 2 amide bonds. The Balaban J connectivity index is 2.07. The average molecular weight is 657 g/mol. The quantitative estimate of drug-likeness (QED) is 0.287. The number of amides is 2. The van der Waals surface area contributed by atoms with E-state index in [2.05, 4.69) is 42.0 Å². The number of hydrogen-bond donors (Lipinski definition) is 1. The van der Waals surface area contributed by atoms with Crippen molar-refractivity contribution in [1.29, 1.82) is 0 Å². The molecule has 3 aromatic carbocycles. The Morgan fingerprint density at radius 3 is 1.98 bits per heavy atom. The van der Waals surface area contributed by atoms with Crippen LogP contribution in [0.5, 0.6) is 0 Å². The summed E-state index contributed by atoms with van der Waals surface area (Å²) in [6.07, 6.45) is 1.35. The van der Waals surface area contributed by atoms with Gasteiger partial charge in [-0.25, -0.2) is 8.42 Å². The van der Waals surface area contributed by atoms with Crippen molar-refractivity contribution in [2.75, 3.05) is 17.1 Å². The van der Waals surface area contributed by atoms with Crippen LogP contribution in [0.4, 0.5) is 5.69 Å². The highest BCUT2D eigenvalue weighted by Gasteiger charge is 2.34. The molecule has 226 valence electrons. The topological polar surface area (TPSA) is 86.8 Å². The van der Waals surface area contributed by atoms with E-state index < -0.39 is 34.1 Å². The number of benzene rings is 3. The van der Waals surface area contributed by atoms with E-state index in [9.17, 15) is 18.0 Å². The summed E-state index contributed by atoms with van der Waals surface area (Å²) in [6, 6.07) is 23.3. The number of anilines is 1. The molecule has 0 spiro atoms. The molecule has 0 aliphatic heterocycles. The SMILES string of the molecule is CC(C)(C)NC(=O)C(Cc1ccccc1)N(Cc1cccc(Br)c1)C(=O)CN(c1ccc(C(C)(C)C)cc1)S(C)(=O)=O. The molecule has 0 fully saturated rings. The molecule has 0 aliphatic rings. The molecule has 1 unspecified atom stereocenters. The molecule has 9 heteroatoms.